The number of nitrogens with one attached hydrogen (secondary N) is 1. The van der Waals surface area contributed by atoms with E-state index in [0.717, 1.165) is 10.2 Å². The van der Waals surface area contributed by atoms with Gasteiger partial charge in [0.25, 0.3) is 0 Å². The number of anilines is 1. The van der Waals surface area contributed by atoms with E-state index >= 15 is 0 Å². The fourth-order valence-corrected chi connectivity index (χ4v) is 2.64. The van der Waals surface area contributed by atoms with Crippen LogP contribution < -0.4 is 5.32 Å². The Kier molecular flexibility index (Phi) is 5.17. The topological polar surface area (TPSA) is 108 Å². The van der Waals surface area contributed by atoms with E-state index in [2.05, 4.69) is 15.5 Å². The van der Waals surface area contributed by atoms with Gasteiger partial charge < -0.3 is 15.4 Å². The summed E-state index contributed by atoms with van der Waals surface area (Å²) in [6, 6.07) is 7.71. The zero-order chi connectivity index (χ0) is 19.6. The first-order chi connectivity index (χ1) is 12.8. The number of halogens is 2. The number of hydrogen-bond donors (Lipinski definition) is 1. The zero-order valence-corrected chi connectivity index (χ0v) is 14.9. The van der Waals surface area contributed by atoms with Crippen molar-refractivity contribution in [2.75, 3.05) is 5.32 Å². The summed E-state index contributed by atoms with van der Waals surface area (Å²) in [7, 11) is 0. The molecule has 27 heavy (non-hydrogen) atoms. The Morgan fingerprint density at radius 1 is 1.37 bits per heavy atom. The van der Waals surface area contributed by atoms with Crippen LogP contribution in [0.1, 0.15) is 11.3 Å². The number of rotatable bonds is 6. The molecule has 2 heterocycles. The predicted molar refractivity (Wildman–Crippen MR) is 95.0 cm³/mol. The van der Waals surface area contributed by atoms with E-state index in [1.807, 2.05) is 0 Å². The lowest BCUT2D eigenvalue weighted by molar-refractivity contribution is -0.389. The monoisotopic (exact) mass is 392 g/mol. The van der Waals surface area contributed by atoms with Crippen molar-refractivity contribution in [2.45, 2.75) is 20.0 Å². The fraction of sp³-hybridized carbons (Fsp3) is 0.188. The number of benzene rings is 1. The largest absolute Gasteiger partial charge is 0.408 e. The molecule has 0 aliphatic heterocycles. The summed E-state index contributed by atoms with van der Waals surface area (Å²) in [6.07, 6.45) is 1.64. The van der Waals surface area contributed by atoms with Crippen LogP contribution in [0.4, 0.5) is 16.0 Å². The van der Waals surface area contributed by atoms with Crippen LogP contribution in [0.5, 0.6) is 0 Å². The van der Waals surface area contributed by atoms with Crippen LogP contribution in [-0.4, -0.2) is 30.4 Å². The van der Waals surface area contributed by atoms with Gasteiger partial charge in [0, 0.05) is 12.3 Å². The number of nitro groups is 1. The molecule has 0 radical (unpaired) electrons. The number of hydrogen-bond acceptors (Lipinski definition) is 5. The summed E-state index contributed by atoms with van der Waals surface area (Å²) >= 11 is 5.84. The molecule has 140 valence electrons. The molecule has 0 aliphatic carbocycles. The summed E-state index contributed by atoms with van der Waals surface area (Å²) < 4.78 is 15.9. The van der Waals surface area contributed by atoms with E-state index in [4.69, 9.17) is 11.6 Å². The van der Waals surface area contributed by atoms with Gasteiger partial charge in [-0.05, 0) is 29.5 Å². The van der Waals surface area contributed by atoms with Gasteiger partial charge in [-0.15, -0.1) is 0 Å². The quantitative estimate of drug-likeness (QED) is 0.512. The van der Waals surface area contributed by atoms with Crippen molar-refractivity contribution in [3.8, 4) is 0 Å². The molecule has 0 spiro atoms. The van der Waals surface area contributed by atoms with Gasteiger partial charge in [0.2, 0.25) is 5.91 Å². The van der Waals surface area contributed by atoms with Crippen molar-refractivity contribution in [3.63, 3.8) is 0 Å². The molecule has 3 aromatic rings. The van der Waals surface area contributed by atoms with Crippen molar-refractivity contribution in [1.82, 2.24) is 19.6 Å². The van der Waals surface area contributed by atoms with Crippen LogP contribution in [-0.2, 0) is 17.9 Å². The molecule has 0 atom stereocenters. The predicted octanol–water partition coefficient (Wildman–Crippen LogP) is 2.78. The Morgan fingerprint density at radius 2 is 2.15 bits per heavy atom. The van der Waals surface area contributed by atoms with Gasteiger partial charge in [-0.1, -0.05) is 23.7 Å². The zero-order valence-electron chi connectivity index (χ0n) is 14.1. The number of aromatic nitrogens is 4. The average Bonchev–Trinajstić information content (AvgIpc) is 3.14. The maximum Gasteiger partial charge on any atom is 0.408 e. The molecular formula is C16H14ClFN6O3. The van der Waals surface area contributed by atoms with Crippen LogP contribution in [0.2, 0.25) is 5.02 Å². The van der Waals surface area contributed by atoms with Gasteiger partial charge in [0.05, 0.1) is 17.3 Å². The highest BCUT2D eigenvalue weighted by molar-refractivity contribution is 6.33. The highest BCUT2D eigenvalue weighted by Crippen LogP contribution is 2.26. The van der Waals surface area contributed by atoms with Crippen LogP contribution in [0.25, 0.3) is 0 Å². The molecule has 1 N–H and O–H groups in total. The molecule has 3 rings (SSSR count). The second-order valence-corrected chi connectivity index (χ2v) is 6.09. The van der Waals surface area contributed by atoms with E-state index in [-0.39, 0.29) is 17.4 Å². The summed E-state index contributed by atoms with van der Waals surface area (Å²) in [6.45, 7) is 1.62. The molecule has 9 nitrogen and oxygen atoms in total. The van der Waals surface area contributed by atoms with Crippen molar-refractivity contribution >= 4 is 29.1 Å². The first-order valence-corrected chi connectivity index (χ1v) is 8.16. The van der Waals surface area contributed by atoms with Crippen LogP contribution >= 0.6 is 11.6 Å². The highest BCUT2D eigenvalue weighted by Gasteiger charge is 2.25. The molecular weight excluding hydrogens is 379 g/mol. The smallest absolute Gasteiger partial charge is 0.358 e. The molecule has 0 aliphatic rings. The number of carbonyl (C=O) groups excluding carboxylic acids is 1. The lowest BCUT2D eigenvalue weighted by Crippen LogP contribution is -2.20. The molecule has 0 bridgehead atoms. The van der Waals surface area contributed by atoms with Gasteiger partial charge >= 0.3 is 5.82 Å². The van der Waals surface area contributed by atoms with Gasteiger partial charge in [-0.2, -0.15) is 9.78 Å². The van der Waals surface area contributed by atoms with E-state index in [1.54, 1.807) is 29.1 Å². The Bertz CT molecular complexity index is 1020. The van der Waals surface area contributed by atoms with Crippen molar-refractivity contribution < 1.29 is 14.1 Å². The van der Waals surface area contributed by atoms with Crippen LogP contribution in [0, 0.1) is 22.9 Å². The van der Waals surface area contributed by atoms with Crippen molar-refractivity contribution in [2.24, 2.45) is 0 Å². The Balaban J connectivity index is 1.64. The Morgan fingerprint density at radius 3 is 2.81 bits per heavy atom. The summed E-state index contributed by atoms with van der Waals surface area (Å²) in [5.41, 5.74) is 1.04. The van der Waals surface area contributed by atoms with E-state index in [0.29, 0.717) is 18.1 Å². The minimum absolute atomic E-state index is 0.104. The molecule has 0 saturated carbocycles. The molecule has 2 aromatic heterocycles. The lowest BCUT2D eigenvalue weighted by atomic mass is 10.2. The maximum absolute atomic E-state index is 13.2. The number of amides is 1. The minimum atomic E-state index is -0.710. The second-order valence-electron chi connectivity index (χ2n) is 5.71. The first kappa shape index (κ1) is 18.5. The normalized spacial score (nSPS) is 10.8. The highest BCUT2D eigenvalue weighted by atomic mass is 35.5. The number of nitrogens with zero attached hydrogens (tertiary/aromatic N) is 5. The fourth-order valence-electron chi connectivity index (χ4n) is 2.44. The Labute approximate surface area is 157 Å². The van der Waals surface area contributed by atoms with E-state index in [9.17, 15) is 19.3 Å². The molecule has 0 unspecified atom stereocenters. The number of carbonyl (C=O) groups is 1. The van der Waals surface area contributed by atoms with Gasteiger partial charge in [0.1, 0.15) is 12.4 Å². The van der Waals surface area contributed by atoms with E-state index < -0.39 is 16.6 Å². The van der Waals surface area contributed by atoms with Crippen molar-refractivity contribution in [3.05, 3.63) is 68.7 Å². The third kappa shape index (κ3) is 4.29. The van der Waals surface area contributed by atoms with Crippen molar-refractivity contribution in [1.29, 1.82) is 0 Å². The molecule has 11 heteroatoms. The third-order valence-electron chi connectivity index (χ3n) is 3.72. The SMILES string of the molecule is Cc1c(Cl)c([N+](=O)[O-])nn1CC(=O)Nc1ccn(Cc2cccc(F)c2)n1. The molecule has 1 aromatic carbocycles. The average molecular weight is 393 g/mol. The maximum atomic E-state index is 13.2. The Hall–Kier alpha value is -3.27. The molecule has 0 saturated heterocycles. The summed E-state index contributed by atoms with van der Waals surface area (Å²) in [4.78, 5) is 22.3. The second kappa shape index (κ2) is 7.54. The van der Waals surface area contributed by atoms with Crippen LogP contribution in [0.15, 0.2) is 36.5 Å². The standard InChI is InChI=1S/C16H14ClFN6O3/c1-10-15(17)16(24(26)27)21-23(10)9-14(25)19-13-5-6-22(20-13)8-11-3-2-4-12(18)7-11/h2-7H,8-9H2,1H3,(H,19,20,25). The minimum Gasteiger partial charge on any atom is -0.358 e. The third-order valence-corrected chi connectivity index (χ3v) is 4.17. The summed E-state index contributed by atoms with van der Waals surface area (Å²) in [5, 5.41) is 21.2. The first-order valence-electron chi connectivity index (χ1n) is 7.78. The van der Waals surface area contributed by atoms with E-state index in [1.165, 1.54) is 19.1 Å². The van der Waals surface area contributed by atoms with Gasteiger partial charge in [0.15, 0.2) is 10.8 Å². The van der Waals surface area contributed by atoms with Gasteiger partial charge in [-0.25, -0.2) is 4.39 Å². The lowest BCUT2D eigenvalue weighted by Gasteiger charge is -2.03. The summed E-state index contributed by atoms with van der Waals surface area (Å²) in [5.74, 6) is -1.01. The van der Waals surface area contributed by atoms with Gasteiger partial charge in [-0.3, -0.25) is 9.48 Å². The van der Waals surface area contributed by atoms with Crippen LogP contribution in [0.3, 0.4) is 0 Å². The molecule has 0 fully saturated rings. The molecule has 1 amide bonds.